The van der Waals surface area contributed by atoms with Crippen LogP contribution in [-0.4, -0.2) is 26.1 Å². The lowest BCUT2D eigenvalue weighted by atomic mass is 9.53. The molecule has 0 saturated carbocycles. The van der Waals surface area contributed by atoms with Crippen molar-refractivity contribution < 1.29 is 4.65 Å². The molecule has 0 bridgehead atoms. The Morgan fingerprint density at radius 1 is 0.957 bits per heavy atom. The first-order chi connectivity index (χ1) is 11.3. The average Bonchev–Trinajstić information content (AvgIpc) is 2.59. The van der Waals surface area contributed by atoms with Gasteiger partial charge in [0, 0.05) is 12.6 Å². The summed E-state index contributed by atoms with van der Waals surface area (Å²) in [6.07, 6.45) is 3.81. The van der Waals surface area contributed by atoms with Crippen LogP contribution in [0.1, 0.15) is 30.4 Å². The van der Waals surface area contributed by atoms with Gasteiger partial charge in [0.15, 0.2) is 0 Å². The fraction of sp³-hybridized carbons (Fsp3) is 0.400. The predicted molar refractivity (Wildman–Crippen MR) is 99.0 cm³/mol. The second-order valence-corrected chi connectivity index (χ2v) is 6.57. The average molecular weight is 307 g/mol. The summed E-state index contributed by atoms with van der Waals surface area (Å²) in [5, 5.41) is 3.58. The van der Waals surface area contributed by atoms with Crippen LogP contribution in [0.4, 0.5) is 0 Å². The third-order valence-electron chi connectivity index (χ3n) is 4.82. The molecule has 0 spiro atoms. The van der Waals surface area contributed by atoms with Crippen molar-refractivity contribution in [3.8, 4) is 0 Å². The van der Waals surface area contributed by atoms with E-state index < -0.39 is 0 Å². The van der Waals surface area contributed by atoms with Gasteiger partial charge in [-0.3, -0.25) is 0 Å². The van der Waals surface area contributed by atoms with Crippen LogP contribution in [0, 0.1) is 13.8 Å². The highest BCUT2D eigenvalue weighted by Crippen LogP contribution is 2.09. The van der Waals surface area contributed by atoms with Crippen molar-refractivity contribution in [1.82, 2.24) is 5.32 Å². The molecule has 1 N–H and O–H groups in total. The minimum absolute atomic E-state index is 0.0149. The lowest BCUT2D eigenvalue weighted by molar-refractivity contribution is 0.246. The zero-order chi connectivity index (χ0) is 16.1. The number of benzene rings is 2. The molecular formula is C20H26BNO. The van der Waals surface area contributed by atoms with Gasteiger partial charge < -0.3 is 9.97 Å². The smallest absolute Gasteiger partial charge is 0.362 e. The Balaban J connectivity index is 1.84. The van der Waals surface area contributed by atoms with Gasteiger partial charge in [0.25, 0.3) is 0 Å². The van der Waals surface area contributed by atoms with Gasteiger partial charge in [0.1, 0.15) is 0 Å². The highest BCUT2D eigenvalue weighted by atomic mass is 16.4. The molecular weight excluding hydrogens is 281 g/mol. The van der Waals surface area contributed by atoms with Crippen LogP contribution in [0.2, 0.25) is 0 Å². The molecule has 0 amide bonds. The summed E-state index contributed by atoms with van der Waals surface area (Å²) in [6, 6.07) is 17.6. The quantitative estimate of drug-likeness (QED) is 0.857. The molecule has 2 aromatic rings. The Hall–Kier alpha value is -1.58. The molecule has 1 aliphatic rings. The minimum atomic E-state index is 0.0149. The first kappa shape index (κ1) is 16.3. The zero-order valence-corrected chi connectivity index (χ0v) is 14.2. The lowest BCUT2D eigenvalue weighted by Gasteiger charge is -2.26. The molecule has 2 nitrogen and oxygen atoms in total. The van der Waals surface area contributed by atoms with Gasteiger partial charge in [-0.1, -0.05) is 66.1 Å². The van der Waals surface area contributed by atoms with Crippen molar-refractivity contribution in [3.05, 3.63) is 59.7 Å². The normalized spacial score (nSPS) is 17.9. The summed E-state index contributed by atoms with van der Waals surface area (Å²) in [6.45, 7) is 6.24. The van der Waals surface area contributed by atoms with E-state index in [2.05, 4.69) is 67.7 Å². The molecule has 2 aromatic carbocycles. The maximum Gasteiger partial charge on any atom is 0.362 e. The Kier molecular flexibility index (Phi) is 5.53. The number of piperidine rings is 1. The van der Waals surface area contributed by atoms with E-state index in [1.54, 1.807) is 0 Å². The number of rotatable bonds is 5. The van der Waals surface area contributed by atoms with Gasteiger partial charge >= 0.3 is 6.92 Å². The van der Waals surface area contributed by atoms with Gasteiger partial charge in [-0.05, 0) is 44.2 Å². The van der Waals surface area contributed by atoms with Crippen LogP contribution in [0.5, 0.6) is 0 Å². The van der Waals surface area contributed by atoms with Crippen LogP contribution in [0.15, 0.2) is 48.5 Å². The van der Waals surface area contributed by atoms with Crippen LogP contribution in [0.25, 0.3) is 0 Å². The van der Waals surface area contributed by atoms with E-state index in [4.69, 9.17) is 4.65 Å². The Bertz CT molecular complexity index is 592. The summed E-state index contributed by atoms with van der Waals surface area (Å²) >= 11 is 0. The van der Waals surface area contributed by atoms with Crippen LogP contribution >= 0.6 is 0 Å². The summed E-state index contributed by atoms with van der Waals surface area (Å²) in [7, 11) is 0. The SMILES string of the molecule is Cc1ccccc1B(OCC1CCCCN1)c1ccccc1C. The molecule has 1 atom stereocenters. The van der Waals surface area contributed by atoms with Crippen molar-refractivity contribution in [2.45, 2.75) is 39.2 Å². The lowest BCUT2D eigenvalue weighted by Crippen LogP contribution is -2.50. The largest absolute Gasteiger partial charge is 0.425 e. The second-order valence-electron chi connectivity index (χ2n) is 6.57. The Morgan fingerprint density at radius 2 is 1.57 bits per heavy atom. The summed E-state index contributed by atoms with van der Waals surface area (Å²) < 4.78 is 6.45. The van der Waals surface area contributed by atoms with E-state index in [1.165, 1.54) is 41.3 Å². The predicted octanol–water partition coefficient (Wildman–Crippen LogP) is 2.57. The maximum atomic E-state index is 6.45. The standard InChI is InChI=1S/C20H26BNO/c1-16-9-3-5-12-19(16)21(20-13-6-4-10-17(20)2)23-15-18-11-7-8-14-22-18/h3-6,9-10,12-13,18,22H,7-8,11,14-15H2,1-2H3. The maximum absolute atomic E-state index is 6.45. The van der Waals surface area contributed by atoms with Gasteiger partial charge in [-0.15, -0.1) is 0 Å². The molecule has 23 heavy (non-hydrogen) atoms. The van der Waals surface area contributed by atoms with Gasteiger partial charge in [-0.25, -0.2) is 0 Å². The van der Waals surface area contributed by atoms with Gasteiger partial charge in [0.05, 0.1) is 0 Å². The minimum Gasteiger partial charge on any atom is -0.425 e. The zero-order valence-electron chi connectivity index (χ0n) is 14.2. The molecule has 0 aromatic heterocycles. The molecule has 1 saturated heterocycles. The highest BCUT2D eigenvalue weighted by Gasteiger charge is 2.26. The van der Waals surface area contributed by atoms with E-state index in [-0.39, 0.29) is 6.92 Å². The summed E-state index contributed by atoms with van der Waals surface area (Å²) in [5.41, 5.74) is 5.13. The van der Waals surface area contributed by atoms with Crippen molar-refractivity contribution in [2.75, 3.05) is 13.2 Å². The molecule has 0 radical (unpaired) electrons. The number of nitrogens with one attached hydrogen (secondary N) is 1. The number of aryl methyl sites for hydroxylation is 2. The molecule has 1 unspecified atom stereocenters. The first-order valence-corrected chi connectivity index (χ1v) is 8.72. The molecule has 120 valence electrons. The Morgan fingerprint density at radius 3 is 2.09 bits per heavy atom. The van der Waals surface area contributed by atoms with E-state index >= 15 is 0 Å². The topological polar surface area (TPSA) is 21.3 Å². The molecule has 1 fully saturated rings. The van der Waals surface area contributed by atoms with E-state index in [9.17, 15) is 0 Å². The molecule has 3 rings (SSSR count). The highest BCUT2D eigenvalue weighted by molar-refractivity contribution is 6.80. The van der Waals surface area contributed by atoms with E-state index in [0.29, 0.717) is 6.04 Å². The fourth-order valence-electron chi connectivity index (χ4n) is 3.39. The van der Waals surface area contributed by atoms with Crippen molar-refractivity contribution in [1.29, 1.82) is 0 Å². The summed E-state index contributed by atoms with van der Waals surface area (Å²) in [5.74, 6) is 0. The third kappa shape index (κ3) is 4.04. The van der Waals surface area contributed by atoms with Crippen LogP contribution < -0.4 is 16.2 Å². The monoisotopic (exact) mass is 307 g/mol. The third-order valence-corrected chi connectivity index (χ3v) is 4.82. The first-order valence-electron chi connectivity index (χ1n) is 8.72. The molecule has 1 aliphatic heterocycles. The van der Waals surface area contributed by atoms with Crippen molar-refractivity contribution in [2.24, 2.45) is 0 Å². The molecule has 3 heteroatoms. The van der Waals surface area contributed by atoms with Crippen LogP contribution in [-0.2, 0) is 4.65 Å². The molecule has 0 aliphatic carbocycles. The Labute approximate surface area is 140 Å². The molecule has 1 heterocycles. The number of hydrogen-bond donors (Lipinski definition) is 1. The van der Waals surface area contributed by atoms with Gasteiger partial charge in [-0.2, -0.15) is 0 Å². The van der Waals surface area contributed by atoms with Crippen LogP contribution in [0.3, 0.4) is 0 Å². The van der Waals surface area contributed by atoms with E-state index in [1.807, 2.05) is 0 Å². The second kappa shape index (κ2) is 7.80. The fourth-order valence-corrected chi connectivity index (χ4v) is 3.39. The van der Waals surface area contributed by atoms with Gasteiger partial charge in [0.2, 0.25) is 0 Å². The summed E-state index contributed by atoms with van der Waals surface area (Å²) in [4.78, 5) is 0. The van der Waals surface area contributed by atoms with Crippen molar-refractivity contribution in [3.63, 3.8) is 0 Å². The van der Waals surface area contributed by atoms with Crippen molar-refractivity contribution >= 4 is 17.8 Å². The van der Waals surface area contributed by atoms with E-state index in [0.717, 1.165) is 13.2 Å². The number of hydrogen-bond acceptors (Lipinski definition) is 2.